The van der Waals surface area contributed by atoms with Crippen LogP contribution < -0.4 is 12.4 Å². The average Bonchev–Trinajstić information content (AvgIpc) is 0.811. The van der Waals surface area contributed by atoms with Crippen LogP contribution in [-0.2, 0) is 17.1 Å². The van der Waals surface area contributed by atoms with Crippen molar-refractivity contribution in [2.24, 2.45) is 0 Å². The maximum atomic E-state index is 5.03. The van der Waals surface area contributed by atoms with E-state index in [9.17, 15) is 0 Å². The Hall–Kier alpha value is 0.549. The molecule has 0 aromatic rings. The topological polar surface area (TPSA) is 0 Å². The molecule has 0 saturated carbocycles. The van der Waals surface area contributed by atoms with E-state index >= 15 is 0 Å². The van der Waals surface area contributed by atoms with Crippen LogP contribution >= 0.6 is 0 Å². The summed E-state index contributed by atoms with van der Waals surface area (Å²) in [5.74, 6) is 0. The number of rotatable bonds is 0. The molecule has 0 N–H and O–H groups in total. The van der Waals surface area contributed by atoms with Crippen LogP contribution in [0, 0.1) is 6.58 Å². The summed E-state index contributed by atoms with van der Waals surface area (Å²) in [5, 5.41) is 0. The van der Waals surface area contributed by atoms with Gasteiger partial charge in [-0.2, -0.15) is 0 Å². The fraction of sp³-hybridized carbons (Fsp3) is 0.500. The Balaban J connectivity index is -0.0000000450. The molecular weight excluding hydrogens is 138 g/mol. The Bertz CT molecular complexity index is 30.5. The van der Waals surface area contributed by atoms with Gasteiger partial charge in [0.15, 0.2) is 0 Å². The molecule has 0 aromatic carbocycles. The van der Waals surface area contributed by atoms with Crippen molar-refractivity contribution in [1.29, 1.82) is 0 Å². The molecule has 0 aliphatic rings. The molecule has 0 atom stereocenters. The number of hydrogen-bond acceptors (Lipinski definition) is 0. The first-order valence-electron chi connectivity index (χ1n) is 1.29. The largest absolute Gasteiger partial charge is 1.00 e. The van der Waals surface area contributed by atoms with Gasteiger partial charge in [0.05, 0.1) is 0 Å². The minimum Gasteiger partial charge on any atom is -1.00 e. The molecule has 0 fully saturated rings. The number of halogens is 1. The van der Waals surface area contributed by atoms with E-state index in [2.05, 4.69) is 0 Å². The van der Waals surface area contributed by atoms with Gasteiger partial charge in [0.1, 0.15) is 0 Å². The number of allylic oxidation sites excluding steroid dienone is 1. The predicted molar refractivity (Wildman–Crippen MR) is 19.2 cm³/mol. The maximum absolute atomic E-state index is 5.03. The Kier molecular flexibility index (Phi) is 24.3. The first kappa shape index (κ1) is 16.0. The summed E-state index contributed by atoms with van der Waals surface area (Å²) < 4.78 is 0. The van der Waals surface area contributed by atoms with Crippen LogP contribution in [0.5, 0.6) is 0 Å². The van der Waals surface area contributed by atoms with E-state index in [0.29, 0.717) is 0 Å². The summed E-state index contributed by atoms with van der Waals surface area (Å²) in [6, 6.07) is 0. The standard InChI is InChI=1S/C4H7.ClH.Mn/c1-4(2)3;;/h1H,2-3H3;1H;/p-1. The van der Waals surface area contributed by atoms with Crippen LogP contribution in [0.15, 0.2) is 5.57 Å². The van der Waals surface area contributed by atoms with E-state index in [0.717, 1.165) is 5.57 Å². The third kappa shape index (κ3) is 190. The van der Waals surface area contributed by atoms with Crippen LogP contribution in [0.4, 0.5) is 0 Å². The summed E-state index contributed by atoms with van der Waals surface area (Å²) in [6.07, 6.45) is 0. The van der Waals surface area contributed by atoms with Crippen LogP contribution in [0.3, 0.4) is 0 Å². The normalized spacial score (nSPS) is 4.33. The molecule has 0 bridgehead atoms. The van der Waals surface area contributed by atoms with Gasteiger partial charge in [0, 0.05) is 17.1 Å². The van der Waals surface area contributed by atoms with Gasteiger partial charge >= 0.3 is 0 Å². The van der Waals surface area contributed by atoms with E-state index in [1.165, 1.54) is 0 Å². The monoisotopic (exact) mass is 145 g/mol. The second-order valence-corrected chi connectivity index (χ2v) is 1.08. The van der Waals surface area contributed by atoms with Crippen molar-refractivity contribution in [3.8, 4) is 0 Å². The molecule has 0 heterocycles. The SMILES string of the molecule is [CH]=C(C)C.[Cl-].[Mn]. The minimum atomic E-state index is 0. The zero-order valence-electron chi connectivity index (χ0n) is 3.83. The van der Waals surface area contributed by atoms with Gasteiger partial charge in [-0.15, -0.1) is 0 Å². The molecule has 6 heavy (non-hydrogen) atoms. The Labute approximate surface area is 55.9 Å². The van der Waals surface area contributed by atoms with Crippen LogP contribution in [0.25, 0.3) is 0 Å². The van der Waals surface area contributed by atoms with Crippen LogP contribution in [0.1, 0.15) is 13.8 Å². The average molecular weight is 145 g/mol. The van der Waals surface area contributed by atoms with Crippen molar-refractivity contribution in [2.45, 2.75) is 13.8 Å². The van der Waals surface area contributed by atoms with Gasteiger partial charge in [-0.3, -0.25) is 0 Å². The molecule has 0 saturated heterocycles. The summed E-state index contributed by atoms with van der Waals surface area (Å²) in [4.78, 5) is 0. The van der Waals surface area contributed by atoms with Crippen molar-refractivity contribution in [1.82, 2.24) is 0 Å². The second kappa shape index (κ2) is 9.12. The van der Waals surface area contributed by atoms with E-state index < -0.39 is 0 Å². The third-order valence-electron chi connectivity index (χ3n) is 0. The minimum absolute atomic E-state index is 0. The Morgan fingerprint density at radius 1 is 1.33 bits per heavy atom. The van der Waals surface area contributed by atoms with E-state index in [1.807, 2.05) is 13.8 Å². The molecule has 0 aromatic heterocycles. The predicted octanol–water partition coefficient (Wildman–Crippen LogP) is -1.61. The fourth-order valence-electron chi connectivity index (χ4n) is 0. The van der Waals surface area contributed by atoms with Crippen molar-refractivity contribution in [3.05, 3.63) is 12.2 Å². The van der Waals surface area contributed by atoms with Gasteiger partial charge in [-0.25, -0.2) is 0 Å². The van der Waals surface area contributed by atoms with Crippen molar-refractivity contribution in [3.63, 3.8) is 0 Å². The smallest absolute Gasteiger partial charge is 0 e. The molecule has 0 nitrogen and oxygen atoms in total. The summed E-state index contributed by atoms with van der Waals surface area (Å²) in [5.41, 5.74) is 0.917. The summed E-state index contributed by atoms with van der Waals surface area (Å²) in [6.45, 7) is 8.75. The van der Waals surface area contributed by atoms with Gasteiger partial charge in [-0.05, 0) is 13.8 Å². The quantitative estimate of drug-likeness (QED) is 0.360. The second-order valence-electron chi connectivity index (χ2n) is 1.08. The third-order valence-corrected chi connectivity index (χ3v) is 0. The molecular formula is C4H7ClMn-. The molecule has 0 rings (SSSR count). The number of hydrogen-bond donors (Lipinski definition) is 0. The summed E-state index contributed by atoms with van der Waals surface area (Å²) in [7, 11) is 0. The van der Waals surface area contributed by atoms with E-state index in [-0.39, 0.29) is 29.5 Å². The van der Waals surface area contributed by atoms with Crippen molar-refractivity contribution >= 4 is 0 Å². The first-order chi connectivity index (χ1) is 1.73. The van der Waals surface area contributed by atoms with Gasteiger partial charge in [0.2, 0.25) is 0 Å². The molecule has 0 amide bonds. The van der Waals surface area contributed by atoms with Crippen molar-refractivity contribution < 1.29 is 29.5 Å². The van der Waals surface area contributed by atoms with Crippen molar-refractivity contribution in [2.75, 3.05) is 0 Å². The zero-order chi connectivity index (χ0) is 3.58. The van der Waals surface area contributed by atoms with Gasteiger partial charge < -0.3 is 12.4 Å². The van der Waals surface area contributed by atoms with E-state index in [1.54, 1.807) is 0 Å². The molecule has 0 spiro atoms. The van der Waals surface area contributed by atoms with Gasteiger partial charge in [0.25, 0.3) is 0 Å². The summed E-state index contributed by atoms with van der Waals surface area (Å²) >= 11 is 0. The maximum Gasteiger partial charge on any atom is 0 e. The first-order valence-corrected chi connectivity index (χ1v) is 1.29. The van der Waals surface area contributed by atoms with E-state index in [4.69, 9.17) is 6.58 Å². The Morgan fingerprint density at radius 2 is 1.33 bits per heavy atom. The molecule has 2 radical (unpaired) electrons. The van der Waals surface area contributed by atoms with Gasteiger partial charge in [-0.1, -0.05) is 12.2 Å². The molecule has 0 aliphatic carbocycles. The Morgan fingerprint density at radius 3 is 1.33 bits per heavy atom. The zero-order valence-corrected chi connectivity index (χ0v) is 5.77. The van der Waals surface area contributed by atoms with Crippen LogP contribution in [-0.4, -0.2) is 0 Å². The molecule has 2 heteroatoms. The van der Waals surface area contributed by atoms with Crippen LogP contribution in [0.2, 0.25) is 0 Å². The molecule has 38 valence electrons. The fourth-order valence-corrected chi connectivity index (χ4v) is 0. The molecule has 0 unspecified atom stereocenters. The molecule has 0 aliphatic heterocycles.